The number of fused-ring (bicyclic) bond motifs is 3. The lowest BCUT2D eigenvalue weighted by atomic mass is 9.70. The number of Topliss-reactive ketones (excluding diaryl/α,β-unsaturated/α-hetero) is 1. The molecule has 1 aromatic carbocycles. The summed E-state index contributed by atoms with van der Waals surface area (Å²) < 4.78 is 21.8. The molecule has 0 saturated heterocycles. The Labute approximate surface area is 168 Å². The van der Waals surface area contributed by atoms with Crippen molar-refractivity contribution in [2.24, 2.45) is 11.3 Å². The van der Waals surface area contributed by atoms with Gasteiger partial charge in [-0.25, -0.2) is 0 Å². The zero-order valence-electron chi connectivity index (χ0n) is 16.6. The molecule has 1 N–H and O–H groups in total. The van der Waals surface area contributed by atoms with E-state index in [0.29, 0.717) is 23.5 Å². The van der Waals surface area contributed by atoms with Gasteiger partial charge in [-0.05, 0) is 36.1 Å². The lowest BCUT2D eigenvalue weighted by Crippen LogP contribution is -2.57. The molecular formula is C22H24O7. The van der Waals surface area contributed by atoms with Gasteiger partial charge in [0.15, 0.2) is 22.9 Å². The maximum Gasteiger partial charge on any atom is 0.303 e. The van der Waals surface area contributed by atoms with Crippen molar-refractivity contribution in [3.8, 4) is 11.5 Å². The molecule has 0 spiro atoms. The summed E-state index contributed by atoms with van der Waals surface area (Å²) in [4.78, 5) is 25.2. The maximum atomic E-state index is 13.3. The van der Waals surface area contributed by atoms with Gasteiger partial charge in [0.05, 0.1) is 7.11 Å². The van der Waals surface area contributed by atoms with Crippen LogP contribution in [-0.2, 0) is 19.1 Å². The SMILES string of the molecule is C=CCC12C=C(OC)C(=O)C(O)(C(c3ccc4c(c3)OCO4)C1C)C2OC(C)=O. The number of allylic oxidation sites excluding steroid dienone is 1. The molecule has 0 aromatic heterocycles. The molecule has 29 heavy (non-hydrogen) atoms. The van der Waals surface area contributed by atoms with Gasteiger partial charge in [0.2, 0.25) is 12.6 Å². The molecule has 2 aliphatic carbocycles. The maximum absolute atomic E-state index is 13.3. The average Bonchev–Trinajstić information content (AvgIpc) is 3.19. The number of methoxy groups -OCH3 is 1. The second-order valence-electron chi connectivity index (χ2n) is 7.84. The summed E-state index contributed by atoms with van der Waals surface area (Å²) in [6.45, 7) is 7.17. The Morgan fingerprint density at radius 3 is 2.76 bits per heavy atom. The van der Waals surface area contributed by atoms with Crippen LogP contribution in [0.2, 0.25) is 0 Å². The summed E-state index contributed by atoms with van der Waals surface area (Å²) in [5, 5.41) is 11.9. The Bertz CT molecular complexity index is 920. The molecule has 2 bridgehead atoms. The number of aliphatic hydroxyl groups is 1. The number of ketones is 1. The van der Waals surface area contributed by atoms with Crippen molar-refractivity contribution in [1.29, 1.82) is 0 Å². The van der Waals surface area contributed by atoms with E-state index in [2.05, 4.69) is 6.58 Å². The third-order valence-corrected chi connectivity index (χ3v) is 6.45. The third-order valence-electron chi connectivity index (χ3n) is 6.45. The molecule has 1 aromatic rings. The van der Waals surface area contributed by atoms with Crippen LogP contribution in [0.15, 0.2) is 42.7 Å². The highest BCUT2D eigenvalue weighted by molar-refractivity contribution is 6.04. The summed E-state index contributed by atoms with van der Waals surface area (Å²) >= 11 is 0. The van der Waals surface area contributed by atoms with E-state index < -0.39 is 34.8 Å². The Balaban J connectivity index is 1.93. The average molecular weight is 400 g/mol. The minimum Gasteiger partial charge on any atom is -0.493 e. The number of carbonyl (C=O) groups is 2. The standard InChI is InChI=1S/C22H24O7/c1-5-8-21-10-17(26-4)19(24)22(25,20(21)29-13(3)23)18(12(21)2)14-6-7-15-16(9-14)28-11-27-15/h5-7,9-10,12,18,20,25H,1,8,11H2,2-4H3. The number of carbonyl (C=O) groups excluding carboxylic acids is 2. The van der Waals surface area contributed by atoms with Crippen molar-refractivity contribution in [3.63, 3.8) is 0 Å². The zero-order valence-corrected chi connectivity index (χ0v) is 16.6. The van der Waals surface area contributed by atoms with E-state index in [1.165, 1.54) is 14.0 Å². The summed E-state index contributed by atoms with van der Waals surface area (Å²) in [7, 11) is 1.39. The summed E-state index contributed by atoms with van der Waals surface area (Å²) in [5.41, 5.74) is -2.13. The van der Waals surface area contributed by atoms with Crippen LogP contribution >= 0.6 is 0 Å². The van der Waals surface area contributed by atoms with Crippen LogP contribution in [0.25, 0.3) is 0 Å². The quantitative estimate of drug-likeness (QED) is 0.600. The van der Waals surface area contributed by atoms with E-state index in [9.17, 15) is 14.7 Å². The third kappa shape index (κ3) is 2.53. The first-order chi connectivity index (χ1) is 13.8. The van der Waals surface area contributed by atoms with Gasteiger partial charge >= 0.3 is 5.97 Å². The highest BCUT2D eigenvalue weighted by atomic mass is 16.7. The van der Waals surface area contributed by atoms with Crippen molar-refractivity contribution in [1.82, 2.24) is 0 Å². The number of rotatable bonds is 5. The number of esters is 1. The molecule has 0 radical (unpaired) electrons. The smallest absolute Gasteiger partial charge is 0.303 e. The van der Waals surface area contributed by atoms with Gasteiger partial charge in [-0.2, -0.15) is 0 Å². The molecule has 7 heteroatoms. The molecular weight excluding hydrogens is 376 g/mol. The molecule has 1 saturated carbocycles. The van der Waals surface area contributed by atoms with E-state index in [-0.39, 0.29) is 18.5 Å². The first-order valence-electron chi connectivity index (χ1n) is 9.51. The Kier molecular flexibility index (Phi) is 4.46. The number of benzene rings is 1. The van der Waals surface area contributed by atoms with Crippen LogP contribution in [0.1, 0.15) is 31.7 Å². The summed E-state index contributed by atoms with van der Waals surface area (Å²) in [5.74, 6) is -0.875. The van der Waals surface area contributed by atoms with E-state index in [4.69, 9.17) is 18.9 Å². The normalized spacial score (nSPS) is 34.6. The lowest BCUT2D eigenvalue weighted by Gasteiger charge is -2.41. The Morgan fingerprint density at radius 1 is 1.38 bits per heavy atom. The highest BCUT2D eigenvalue weighted by Gasteiger charge is 2.73. The fourth-order valence-corrected chi connectivity index (χ4v) is 5.25. The molecule has 1 heterocycles. The first-order valence-corrected chi connectivity index (χ1v) is 9.51. The monoisotopic (exact) mass is 400 g/mol. The van der Waals surface area contributed by atoms with Gasteiger partial charge in [-0.1, -0.05) is 19.1 Å². The van der Waals surface area contributed by atoms with Crippen molar-refractivity contribution in [3.05, 3.63) is 48.3 Å². The van der Waals surface area contributed by atoms with Crippen LogP contribution in [0.3, 0.4) is 0 Å². The Morgan fingerprint density at radius 2 is 2.10 bits per heavy atom. The number of hydrogen-bond acceptors (Lipinski definition) is 7. The van der Waals surface area contributed by atoms with Crippen LogP contribution in [0.4, 0.5) is 0 Å². The largest absolute Gasteiger partial charge is 0.493 e. The van der Waals surface area contributed by atoms with Crippen LogP contribution < -0.4 is 9.47 Å². The van der Waals surface area contributed by atoms with Crippen molar-refractivity contribution in [2.75, 3.05) is 13.9 Å². The Hall–Kier alpha value is -2.80. The number of ether oxygens (including phenoxy) is 4. The predicted octanol–water partition coefficient (Wildman–Crippen LogP) is 2.49. The zero-order chi connectivity index (χ0) is 21.0. The van der Waals surface area contributed by atoms with Crippen LogP contribution in [-0.4, -0.2) is 42.5 Å². The molecule has 5 atom stereocenters. The fourth-order valence-electron chi connectivity index (χ4n) is 5.25. The van der Waals surface area contributed by atoms with Crippen molar-refractivity contribution in [2.45, 2.75) is 37.9 Å². The van der Waals surface area contributed by atoms with Crippen LogP contribution in [0, 0.1) is 11.3 Å². The van der Waals surface area contributed by atoms with Gasteiger partial charge < -0.3 is 24.1 Å². The molecule has 3 aliphatic rings. The molecule has 1 fully saturated rings. The molecule has 0 amide bonds. The van der Waals surface area contributed by atoms with Crippen molar-refractivity contribution >= 4 is 11.8 Å². The topological polar surface area (TPSA) is 91.3 Å². The van der Waals surface area contributed by atoms with Gasteiger partial charge in [0.25, 0.3) is 0 Å². The molecule has 154 valence electrons. The summed E-state index contributed by atoms with van der Waals surface area (Å²) in [6, 6.07) is 5.33. The number of hydrogen-bond donors (Lipinski definition) is 1. The lowest BCUT2D eigenvalue weighted by molar-refractivity contribution is -0.176. The van der Waals surface area contributed by atoms with Gasteiger partial charge in [-0.3, -0.25) is 9.59 Å². The molecule has 7 nitrogen and oxygen atoms in total. The summed E-state index contributed by atoms with van der Waals surface area (Å²) in [6.07, 6.45) is 2.73. The van der Waals surface area contributed by atoms with Crippen LogP contribution in [0.5, 0.6) is 11.5 Å². The van der Waals surface area contributed by atoms with Gasteiger partial charge in [-0.15, -0.1) is 6.58 Å². The predicted molar refractivity (Wildman–Crippen MR) is 102 cm³/mol. The molecule has 5 unspecified atom stereocenters. The minimum atomic E-state index is -1.98. The van der Waals surface area contributed by atoms with Crippen molar-refractivity contribution < 1.29 is 33.6 Å². The highest BCUT2D eigenvalue weighted by Crippen LogP contribution is 2.64. The van der Waals surface area contributed by atoms with E-state index in [1.807, 2.05) is 6.92 Å². The van der Waals surface area contributed by atoms with E-state index in [1.54, 1.807) is 30.4 Å². The second-order valence-corrected chi connectivity index (χ2v) is 7.84. The fraction of sp³-hybridized carbons (Fsp3) is 0.455. The van der Waals surface area contributed by atoms with Gasteiger partial charge in [0.1, 0.15) is 6.10 Å². The van der Waals surface area contributed by atoms with E-state index in [0.717, 1.165) is 0 Å². The first kappa shape index (κ1) is 19.5. The minimum absolute atomic E-state index is 0.0628. The van der Waals surface area contributed by atoms with Gasteiger partial charge in [0, 0.05) is 18.3 Å². The second kappa shape index (κ2) is 6.62. The van der Waals surface area contributed by atoms with E-state index >= 15 is 0 Å². The molecule has 4 rings (SSSR count). The molecule has 1 aliphatic heterocycles.